The number of benzene rings is 2. The predicted octanol–water partition coefficient (Wildman–Crippen LogP) is 4.40. The van der Waals surface area contributed by atoms with Crippen LogP contribution in [0.15, 0.2) is 46.9 Å². The molecular weight excluding hydrogens is 348 g/mol. The van der Waals surface area contributed by atoms with Crippen LogP contribution in [0.1, 0.15) is 17.5 Å². The van der Waals surface area contributed by atoms with E-state index in [1.165, 1.54) is 11.1 Å². The Labute approximate surface area is 138 Å². The second kappa shape index (κ2) is 5.99. The summed E-state index contributed by atoms with van der Waals surface area (Å²) >= 11 is 9.53. The number of aryl methyl sites for hydroxylation is 1. The molecule has 0 amide bonds. The minimum absolute atomic E-state index is 0.0817. The van der Waals surface area contributed by atoms with Crippen LogP contribution in [0.3, 0.4) is 0 Å². The Morgan fingerprint density at radius 3 is 2.67 bits per heavy atom. The zero-order valence-electron chi connectivity index (χ0n) is 11.7. The molecule has 3 rings (SSSR count). The van der Waals surface area contributed by atoms with Gasteiger partial charge in [0.25, 0.3) is 0 Å². The minimum Gasteiger partial charge on any atom is -0.378 e. The van der Waals surface area contributed by atoms with Crippen LogP contribution in [0.2, 0.25) is 5.02 Å². The fourth-order valence-corrected chi connectivity index (χ4v) is 3.51. The summed E-state index contributed by atoms with van der Waals surface area (Å²) in [5.41, 5.74) is 9.92. The number of nitrogens with one attached hydrogen (secondary N) is 1. The molecule has 0 saturated heterocycles. The van der Waals surface area contributed by atoms with E-state index in [4.69, 9.17) is 17.3 Å². The van der Waals surface area contributed by atoms with Gasteiger partial charge in [0.2, 0.25) is 0 Å². The number of hydrogen-bond acceptors (Lipinski definition) is 2. The molecule has 0 aliphatic heterocycles. The number of hydrogen-bond donors (Lipinski definition) is 2. The maximum atomic E-state index is 6.11. The summed E-state index contributed by atoms with van der Waals surface area (Å²) in [4.78, 5) is 0. The predicted molar refractivity (Wildman–Crippen MR) is 93.0 cm³/mol. The van der Waals surface area contributed by atoms with E-state index >= 15 is 0 Å². The number of fused-ring (bicyclic) bond motifs is 1. The molecule has 1 aliphatic rings. The highest BCUT2D eigenvalue weighted by atomic mass is 79.9. The SMILES string of the molecule is NCC1(Nc2ccc(Cl)c(Br)c2)CCc2ccccc2C1. The van der Waals surface area contributed by atoms with Crippen molar-refractivity contribution in [2.24, 2.45) is 5.73 Å². The zero-order chi connectivity index (χ0) is 14.9. The number of halogens is 2. The van der Waals surface area contributed by atoms with Gasteiger partial charge >= 0.3 is 0 Å². The van der Waals surface area contributed by atoms with Gasteiger partial charge < -0.3 is 11.1 Å². The Hall–Kier alpha value is -1.03. The highest BCUT2D eigenvalue weighted by Crippen LogP contribution is 2.33. The fraction of sp³-hybridized carbons (Fsp3) is 0.294. The first-order valence-electron chi connectivity index (χ1n) is 7.12. The maximum Gasteiger partial charge on any atom is 0.0549 e. The summed E-state index contributed by atoms with van der Waals surface area (Å²) in [5.74, 6) is 0. The average Bonchev–Trinajstić information content (AvgIpc) is 2.51. The average molecular weight is 366 g/mol. The first-order chi connectivity index (χ1) is 10.1. The summed E-state index contributed by atoms with van der Waals surface area (Å²) in [6, 6.07) is 14.6. The van der Waals surface area contributed by atoms with Gasteiger partial charge in [0.1, 0.15) is 0 Å². The van der Waals surface area contributed by atoms with Gasteiger partial charge in [-0.05, 0) is 64.5 Å². The molecule has 0 bridgehead atoms. The Morgan fingerprint density at radius 1 is 1.19 bits per heavy atom. The Kier molecular flexibility index (Phi) is 4.25. The summed E-state index contributed by atoms with van der Waals surface area (Å²) < 4.78 is 0.901. The van der Waals surface area contributed by atoms with E-state index in [0.29, 0.717) is 6.54 Å². The van der Waals surface area contributed by atoms with Crippen LogP contribution in [0.5, 0.6) is 0 Å². The van der Waals surface area contributed by atoms with Gasteiger partial charge in [0.15, 0.2) is 0 Å². The molecule has 1 atom stereocenters. The van der Waals surface area contributed by atoms with Gasteiger partial charge in [-0.2, -0.15) is 0 Å². The van der Waals surface area contributed by atoms with Gasteiger partial charge in [0, 0.05) is 16.7 Å². The highest BCUT2D eigenvalue weighted by Gasteiger charge is 2.33. The van der Waals surface area contributed by atoms with E-state index in [-0.39, 0.29) is 5.54 Å². The van der Waals surface area contributed by atoms with E-state index < -0.39 is 0 Å². The van der Waals surface area contributed by atoms with E-state index in [1.807, 2.05) is 18.2 Å². The molecule has 0 saturated carbocycles. The lowest BCUT2D eigenvalue weighted by molar-refractivity contribution is 0.417. The smallest absolute Gasteiger partial charge is 0.0549 e. The first kappa shape index (κ1) is 14.9. The van der Waals surface area contributed by atoms with Crippen molar-refractivity contribution >= 4 is 33.2 Å². The molecule has 21 heavy (non-hydrogen) atoms. The van der Waals surface area contributed by atoms with Crippen molar-refractivity contribution in [3.8, 4) is 0 Å². The topological polar surface area (TPSA) is 38.0 Å². The van der Waals surface area contributed by atoms with Gasteiger partial charge in [-0.3, -0.25) is 0 Å². The number of nitrogens with two attached hydrogens (primary N) is 1. The molecule has 0 heterocycles. The van der Waals surface area contributed by atoms with Crippen molar-refractivity contribution < 1.29 is 0 Å². The second-order valence-electron chi connectivity index (χ2n) is 5.68. The normalized spacial score (nSPS) is 20.9. The van der Waals surface area contributed by atoms with E-state index in [9.17, 15) is 0 Å². The van der Waals surface area contributed by atoms with Crippen LogP contribution in [0.4, 0.5) is 5.69 Å². The molecule has 2 nitrogen and oxygen atoms in total. The van der Waals surface area contributed by atoms with Crippen LogP contribution < -0.4 is 11.1 Å². The summed E-state index contributed by atoms with van der Waals surface area (Å²) in [6.45, 7) is 0.613. The van der Waals surface area contributed by atoms with Crippen molar-refractivity contribution in [2.75, 3.05) is 11.9 Å². The lowest BCUT2D eigenvalue weighted by Gasteiger charge is -2.39. The van der Waals surface area contributed by atoms with Gasteiger partial charge in [-0.1, -0.05) is 35.9 Å². The molecule has 0 radical (unpaired) electrons. The molecule has 3 N–H and O–H groups in total. The molecule has 0 spiro atoms. The molecule has 110 valence electrons. The van der Waals surface area contributed by atoms with E-state index in [0.717, 1.165) is 34.4 Å². The van der Waals surface area contributed by atoms with Crippen molar-refractivity contribution in [3.05, 3.63) is 63.1 Å². The van der Waals surface area contributed by atoms with Crippen molar-refractivity contribution in [1.82, 2.24) is 0 Å². The Morgan fingerprint density at radius 2 is 1.95 bits per heavy atom. The quantitative estimate of drug-likeness (QED) is 0.846. The van der Waals surface area contributed by atoms with Crippen LogP contribution in [0.25, 0.3) is 0 Å². The monoisotopic (exact) mass is 364 g/mol. The van der Waals surface area contributed by atoms with Gasteiger partial charge in [0.05, 0.1) is 10.6 Å². The fourth-order valence-electron chi connectivity index (χ4n) is 3.01. The standard InChI is InChI=1S/C17H18BrClN2/c18-15-9-14(5-6-16(15)19)21-17(11-20)8-7-12-3-1-2-4-13(12)10-17/h1-6,9,21H,7-8,10-11,20H2. The molecule has 0 fully saturated rings. The van der Waals surface area contributed by atoms with E-state index in [1.54, 1.807) is 0 Å². The number of anilines is 1. The number of rotatable bonds is 3. The zero-order valence-corrected chi connectivity index (χ0v) is 14.0. The third kappa shape index (κ3) is 3.10. The highest BCUT2D eigenvalue weighted by molar-refractivity contribution is 9.10. The lowest BCUT2D eigenvalue weighted by Crippen LogP contribution is -2.49. The van der Waals surface area contributed by atoms with E-state index in [2.05, 4.69) is 45.5 Å². The first-order valence-corrected chi connectivity index (χ1v) is 8.29. The molecule has 2 aromatic carbocycles. The van der Waals surface area contributed by atoms with Crippen molar-refractivity contribution in [3.63, 3.8) is 0 Å². The second-order valence-corrected chi connectivity index (χ2v) is 6.95. The molecule has 1 aliphatic carbocycles. The lowest BCUT2D eigenvalue weighted by atomic mass is 9.78. The molecular formula is C17H18BrClN2. The van der Waals surface area contributed by atoms with Gasteiger partial charge in [-0.15, -0.1) is 0 Å². The van der Waals surface area contributed by atoms with Crippen LogP contribution in [-0.2, 0) is 12.8 Å². The van der Waals surface area contributed by atoms with Crippen LogP contribution in [0, 0.1) is 0 Å². The van der Waals surface area contributed by atoms with Crippen LogP contribution >= 0.6 is 27.5 Å². The molecule has 0 aromatic heterocycles. The van der Waals surface area contributed by atoms with Crippen molar-refractivity contribution in [2.45, 2.75) is 24.8 Å². The Bertz CT molecular complexity index is 659. The minimum atomic E-state index is -0.0817. The third-order valence-electron chi connectivity index (χ3n) is 4.24. The molecule has 1 unspecified atom stereocenters. The third-order valence-corrected chi connectivity index (χ3v) is 5.45. The van der Waals surface area contributed by atoms with Gasteiger partial charge in [-0.25, -0.2) is 0 Å². The van der Waals surface area contributed by atoms with Crippen LogP contribution in [-0.4, -0.2) is 12.1 Å². The van der Waals surface area contributed by atoms with Crippen molar-refractivity contribution in [1.29, 1.82) is 0 Å². The molecule has 4 heteroatoms. The molecule has 2 aromatic rings. The largest absolute Gasteiger partial charge is 0.378 e. The maximum absolute atomic E-state index is 6.11. The summed E-state index contributed by atoms with van der Waals surface area (Å²) in [6.07, 6.45) is 3.07. The summed E-state index contributed by atoms with van der Waals surface area (Å²) in [7, 11) is 0. The Balaban J connectivity index is 1.86. The summed E-state index contributed by atoms with van der Waals surface area (Å²) in [5, 5.41) is 4.36.